The van der Waals surface area contributed by atoms with Gasteiger partial charge in [-0.05, 0) is 23.6 Å². The lowest BCUT2D eigenvalue weighted by Gasteiger charge is -2.18. The smallest absolute Gasteiger partial charge is 0.227 e. The van der Waals surface area contributed by atoms with Crippen LogP contribution in [0, 0.1) is 6.92 Å². The highest BCUT2D eigenvalue weighted by Crippen LogP contribution is 2.31. The van der Waals surface area contributed by atoms with Crippen molar-refractivity contribution in [3.8, 4) is 0 Å². The van der Waals surface area contributed by atoms with E-state index >= 15 is 0 Å². The molecule has 1 aliphatic rings. The molecule has 1 aromatic carbocycles. The summed E-state index contributed by atoms with van der Waals surface area (Å²) in [5, 5.41) is 3.94. The first-order valence-corrected chi connectivity index (χ1v) is 7.25. The van der Waals surface area contributed by atoms with Crippen LogP contribution in [0.25, 0.3) is 0 Å². The summed E-state index contributed by atoms with van der Waals surface area (Å²) in [6.07, 6.45) is 0.435. The quantitative estimate of drug-likeness (QED) is 0.869. The van der Waals surface area contributed by atoms with Crippen LogP contribution in [0.15, 0.2) is 28.8 Å². The lowest BCUT2D eigenvalue weighted by Crippen LogP contribution is -2.24. The molecule has 110 valence electrons. The molecule has 21 heavy (non-hydrogen) atoms. The molecule has 1 amide bonds. The van der Waals surface area contributed by atoms with Crippen molar-refractivity contribution in [1.29, 1.82) is 0 Å². The summed E-state index contributed by atoms with van der Waals surface area (Å²) in [6, 6.07) is 8.17. The van der Waals surface area contributed by atoms with E-state index in [1.165, 1.54) is 5.56 Å². The van der Waals surface area contributed by atoms with Crippen LogP contribution >= 0.6 is 0 Å². The molecule has 1 atom stereocenters. The number of anilines is 1. The van der Waals surface area contributed by atoms with Gasteiger partial charge in [0.15, 0.2) is 5.82 Å². The molecule has 5 heteroatoms. The Labute approximate surface area is 124 Å². The summed E-state index contributed by atoms with van der Waals surface area (Å²) in [7, 11) is 0. The molecule has 0 spiro atoms. The molecule has 1 saturated heterocycles. The third kappa shape index (κ3) is 2.68. The number of aryl methyl sites for hydroxylation is 1. The van der Waals surface area contributed by atoms with Gasteiger partial charge in [0.1, 0.15) is 0 Å². The molecular formula is C16H19N3O2. The largest absolute Gasteiger partial charge is 0.340 e. The predicted molar refractivity (Wildman–Crippen MR) is 79.3 cm³/mol. The van der Waals surface area contributed by atoms with E-state index in [0.29, 0.717) is 30.6 Å². The monoisotopic (exact) mass is 285 g/mol. The minimum Gasteiger partial charge on any atom is -0.340 e. The van der Waals surface area contributed by atoms with Gasteiger partial charge in [-0.1, -0.05) is 31.1 Å². The fourth-order valence-corrected chi connectivity index (χ4v) is 2.66. The molecule has 1 aromatic heterocycles. The van der Waals surface area contributed by atoms with Gasteiger partial charge in [0.25, 0.3) is 0 Å². The summed E-state index contributed by atoms with van der Waals surface area (Å²) in [4.78, 5) is 18.4. The number of carbonyl (C=O) groups excluding carboxylic acids is 1. The highest BCUT2D eigenvalue weighted by atomic mass is 16.5. The number of amides is 1. The summed E-state index contributed by atoms with van der Waals surface area (Å²) in [6.45, 7) is 6.67. The first kappa shape index (κ1) is 13.8. The molecule has 0 saturated carbocycles. The maximum Gasteiger partial charge on any atom is 0.227 e. The third-order valence-electron chi connectivity index (χ3n) is 3.88. The Kier molecular flexibility index (Phi) is 3.49. The van der Waals surface area contributed by atoms with Gasteiger partial charge in [-0.15, -0.1) is 0 Å². The SMILES string of the molecule is Cc1nc(C2CC(=O)N(c3cccc(C(C)C)c3)C2)no1. The number of hydrogen-bond donors (Lipinski definition) is 0. The van der Waals surface area contributed by atoms with E-state index < -0.39 is 0 Å². The number of nitrogens with zero attached hydrogens (tertiary/aromatic N) is 3. The van der Waals surface area contributed by atoms with Crippen LogP contribution in [0.2, 0.25) is 0 Å². The predicted octanol–water partition coefficient (Wildman–Crippen LogP) is 3.02. The van der Waals surface area contributed by atoms with E-state index in [0.717, 1.165) is 5.69 Å². The maximum atomic E-state index is 12.3. The molecule has 3 rings (SSSR count). The molecular weight excluding hydrogens is 266 g/mol. The Morgan fingerprint density at radius 1 is 1.38 bits per heavy atom. The van der Waals surface area contributed by atoms with E-state index in [-0.39, 0.29) is 11.8 Å². The number of rotatable bonds is 3. The number of benzene rings is 1. The first-order chi connectivity index (χ1) is 10.0. The summed E-state index contributed by atoms with van der Waals surface area (Å²) >= 11 is 0. The average Bonchev–Trinajstić information content (AvgIpc) is 3.05. The topological polar surface area (TPSA) is 59.2 Å². The van der Waals surface area contributed by atoms with E-state index in [1.807, 2.05) is 17.0 Å². The molecule has 0 radical (unpaired) electrons. The molecule has 1 fully saturated rings. The zero-order chi connectivity index (χ0) is 15.0. The van der Waals surface area contributed by atoms with Crippen molar-refractivity contribution in [1.82, 2.24) is 10.1 Å². The lowest BCUT2D eigenvalue weighted by atomic mass is 10.0. The van der Waals surface area contributed by atoms with E-state index in [1.54, 1.807) is 6.92 Å². The fraction of sp³-hybridized carbons (Fsp3) is 0.438. The van der Waals surface area contributed by atoms with E-state index in [2.05, 4.69) is 36.1 Å². The van der Waals surface area contributed by atoms with Crippen LogP contribution in [0.4, 0.5) is 5.69 Å². The zero-order valence-electron chi connectivity index (χ0n) is 12.5. The molecule has 0 N–H and O–H groups in total. The maximum absolute atomic E-state index is 12.3. The molecule has 2 heterocycles. The Bertz CT molecular complexity index is 663. The van der Waals surface area contributed by atoms with Gasteiger partial charge < -0.3 is 9.42 Å². The van der Waals surface area contributed by atoms with Crippen LogP contribution in [-0.2, 0) is 4.79 Å². The second-order valence-electron chi connectivity index (χ2n) is 5.83. The van der Waals surface area contributed by atoms with Gasteiger partial charge in [-0.2, -0.15) is 4.98 Å². The number of aromatic nitrogens is 2. The van der Waals surface area contributed by atoms with Crippen LogP contribution < -0.4 is 4.90 Å². The standard InChI is InChI=1S/C16H19N3O2/c1-10(2)12-5-4-6-14(7-12)19-9-13(8-15(19)20)16-17-11(3)21-18-16/h4-7,10,13H,8-9H2,1-3H3. The van der Waals surface area contributed by atoms with Crippen molar-refractivity contribution >= 4 is 11.6 Å². The number of hydrogen-bond acceptors (Lipinski definition) is 4. The van der Waals surface area contributed by atoms with Gasteiger partial charge in [-0.25, -0.2) is 0 Å². The van der Waals surface area contributed by atoms with Crippen LogP contribution in [-0.4, -0.2) is 22.6 Å². The molecule has 0 aliphatic carbocycles. The average molecular weight is 285 g/mol. The Hall–Kier alpha value is -2.17. The van der Waals surface area contributed by atoms with Gasteiger partial charge >= 0.3 is 0 Å². The van der Waals surface area contributed by atoms with Gasteiger partial charge in [0.2, 0.25) is 11.8 Å². The van der Waals surface area contributed by atoms with Crippen molar-refractivity contribution in [3.63, 3.8) is 0 Å². The summed E-state index contributed by atoms with van der Waals surface area (Å²) in [5.74, 6) is 1.74. The van der Waals surface area contributed by atoms with Gasteiger partial charge in [0.05, 0.1) is 0 Å². The second kappa shape index (κ2) is 5.31. The molecule has 5 nitrogen and oxygen atoms in total. The van der Waals surface area contributed by atoms with Crippen molar-refractivity contribution < 1.29 is 9.32 Å². The van der Waals surface area contributed by atoms with Crippen molar-refractivity contribution in [2.45, 2.75) is 39.0 Å². The van der Waals surface area contributed by atoms with E-state index in [9.17, 15) is 4.79 Å². The second-order valence-corrected chi connectivity index (χ2v) is 5.83. The van der Waals surface area contributed by atoms with Crippen molar-refractivity contribution in [2.24, 2.45) is 0 Å². The highest BCUT2D eigenvalue weighted by Gasteiger charge is 2.34. The van der Waals surface area contributed by atoms with Gasteiger partial charge in [0, 0.05) is 31.5 Å². The minimum atomic E-state index is 0.0117. The molecule has 1 aliphatic heterocycles. The molecule has 2 aromatic rings. The van der Waals surface area contributed by atoms with Crippen LogP contribution in [0.5, 0.6) is 0 Å². The first-order valence-electron chi connectivity index (χ1n) is 7.25. The summed E-state index contributed by atoms with van der Waals surface area (Å²) in [5.41, 5.74) is 2.19. The van der Waals surface area contributed by atoms with Gasteiger partial charge in [-0.3, -0.25) is 4.79 Å². The van der Waals surface area contributed by atoms with Crippen LogP contribution in [0.3, 0.4) is 0 Å². The van der Waals surface area contributed by atoms with Crippen LogP contribution in [0.1, 0.15) is 49.4 Å². The Morgan fingerprint density at radius 2 is 2.19 bits per heavy atom. The van der Waals surface area contributed by atoms with Crippen molar-refractivity contribution in [3.05, 3.63) is 41.5 Å². The fourth-order valence-electron chi connectivity index (χ4n) is 2.66. The highest BCUT2D eigenvalue weighted by molar-refractivity contribution is 5.96. The third-order valence-corrected chi connectivity index (χ3v) is 3.88. The van der Waals surface area contributed by atoms with E-state index in [4.69, 9.17) is 4.52 Å². The molecule has 0 bridgehead atoms. The minimum absolute atomic E-state index is 0.0117. The number of carbonyl (C=O) groups is 1. The summed E-state index contributed by atoms with van der Waals surface area (Å²) < 4.78 is 5.01. The zero-order valence-corrected chi connectivity index (χ0v) is 12.5. The normalized spacial score (nSPS) is 18.8. The molecule has 1 unspecified atom stereocenters. The Balaban J connectivity index is 1.83. The lowest BCUT2D eigenvalue weighted by molar-refractivity contribution is -0.117. The van der Waals surface area contributed by atoms with Crippen molar-refractivity contribution in [2.75, 3.05) is 11.4 Å². The Morgan fingerprint density at radius 3 is 2.86 bits per heavy atom.